The number of hydrogen-bond donors (Lipinski definition) is 3. The highest BCUT2D eigenvalue weighted by atomic mass is 16.4. The van der Waals surface area contributed by atoms with Crippen LogP contribution in [0, 0.1) is 11.8 Å². The van der Waals surface area contributed by atoms with Gasteiger partial charge in [0.15, 0.2) is 0 Å². The summed E-state index contributed by atoms with van der Waals surface area (Å²) in [6, 6.07) is -0.427. The summed E-state index contributed by atoms with van der Waals surface area (Å²) in [6.45, 7) is 4.01. The molecule has 0 aliphatic carbocycles. The van der Waals surface area contributed by atoms with E-state index in [0.29, 0.717) is 19.4 Å². The quantitative estimate of drug-likeness (QED) is 0.466. The zero-order valence-electron chi connectivity index (χ0n) is 9.67. The lowest BCUT2D eigenvalue weighted by atomic mass is 10.2. The smallest absolute Gasteiger partial charge is 0.315 e. The fourth-order valence-electron chi connectivity index (χ4n) is 1.05. The van der Waals surface area contributed by atoms with Crippen molar-refractivity contribution in [3.63, 3.8) is 0 Å². The van der Waals surface area contributed by atoms with Crippen LogP contribution in [0.1, 0.15) is 33.1 Å². The van der Waals surface area contributed by atoms with Gasteiger partial charge in [0.2, 0.25) is 0 Å². The number of carboxylic acids is 1. The van der Waals surface area contributed by atoms with E-state index in [1.165, 1.54) is 0 Å². The summed E-state index contributed by atoms with van der Waals surface area (Å²) < 4.78 is 0. The molecule has 0 aliphatic heterocycles. The topological polar surface area (TPSA) is 78.4 Å². The van der Waals surface area contributed by atoms with Crippen LogP contribution in [-0.4, -0.2) is 29.7 Å². The Kier molecular flexibility index (Phi) is 7.68. The number of hydrogen-bond acceptors (Lipinski definition) is 2. The van der Waals surface area contributed by atoms with Crippen LogP contribution >= 0.6 is 0 Å². The van der Waals surface area contributed by atoms with E-state index in [4.69, 9.17) is 5.11 Å². The molecule has 1 unspecified atom stereocenters. The van der Waals surface area contributed by atoms with Crippen LogP contribution in [0.5, 0.6) is 0 Å². The number of urea groups is 1. The molecule has 0 fully saturated rings. The van der Waals surface area contributed by atoms with Gasteiger partial charge in [-0.1, -0.05) is 0 Å². The fraction of sp³-hybridized carbons (Fsp3) is 0.636. The normalized spacial score (nSPS) is 10.9. The molecule has 0 aromatic heterocycles. The van der Waals surface area contributed by atoms with Crippen molar-refractivity contribution in [2.24, 2.45) is 0 Å². The van der Waals surface area contributed by atoms with Gasteiger partial charge in [-0.15, -0.1) is 11.8 Å². The Balaban J connectivity index is 3.60. The highest BCUT2D eigenvalue weighted by Gasteiger charge is 2.07. The number of carboxylic acid groups (broad SMARTS) is 1. The molecule has 2 amide bonds. The Morgan fingerprint density at radius 1 is 1.44 bits per heavy atom. The van der Waals surface area contributed by atoms with Gasteiger partial charge in [-0.2, -0.15) is 0 Å². The lowest BCUT2D eigenvalue weighted by Gasteiger charge is -2.12. The Morgan fingerprint density at radius 2 is 2.12 bits per heavy atom. The van der Waals surface area contributed by atoms with Crippen molar-refractivity contribution in [1.82, 2.24) is 10.6 Å². The van der Waals surface area contributed by atoms with Crippen LogP contribution < -0.4 is 10.6 Å². The van der Waals surface area contributed by atoms with Gasteiger partial charge in [-0.3, -0.25) is 4.79 Å². The molecule has 5 nitrogen and oxygen atoms in total. The van der Waals surface area contributed by atoms with Crippen LogP contribution in [0.2, 0.25) is 0 Å². The Hall–Kier alpha value is -1.70. The van der Waals surface area contributed by atoms with Gasteiger partial charge < -0.3 is 15.7 Å². The maximum atomic E-state index is 11.2. The molecule has 0 rings (SSSR count). The highest BCUT2D eigenvalue weighted by Crippen LogP contribution is 1.95. The molecule has 5 heteroatoms. The third-order valence-electron chi connectivity index (χ3n) is 1.88. The van der Waals surface area contributed by atoms with Crippen LogP contribution in [0.25, 0.3) is 0 Å². The van der Waals surface area contributed by atoms with Crippen molar-refractivity contribution in [2.45, 2.75) is 39.2 Å². The maximum absolute atomic E-state index is 11.2. The van der Waals surface area contributed by atoms with Gasteiger partial charge in [0, 0.05) is 25.4 Å². The predicted molar refractivity (Wildman–Crippen MR) is 60.9 cm³/mol. The summed E-state index contributed by atoms with van der Waals surface area (Å²) in [6.07, 6.45) is 1.10. The number of amides is 2. The third kappa shape index (κ3) is 8.88. The molecule has 0 radical (unpaired) electrons. The molecular weight excluding hydrogens is 208 g/mol. The van der Waals surface area contributed by atoms with Crippen molar-refractivity contribution in [3.8, 4) is 11.8 Å². The summed E-state index contributed by atoms with van der Waals surface area (Å²) in [5.41, 5.74) is 0. The molecule has 0 saturated carbocycles. The average Bonchev–Trinajstić information content (AvgIpc) is 2.21. The van der Waals surface area contributed by atoms with Gasteiger partial charge in [-0.05, 0) is 20.3 Å². The lowest BCUT2D eigenvalue weighted by Crippen LogP contribution is -2.41. The first-order chi connectivity index (χ1) is 7.56. The van der Waals surface area contributed by atoms with Crippen LogP contribution in [0.3, 0.4) is 0 Å². The molecule has 0 bridgehead atoms. The number of nitrogens with one attached hydrogen (secondary N) is 2. The molecule has 3 N–H and O–H groups in total. The van der Waals surface area contributed by atoms with Crippen LogP contribution in [0.15, 0.2) is 0 Å². The maximum Gasteiger partial charge on any atom is 0.315 e. The lowest BCUT2D eigenvalue weighted by molar-refractivity contribution is -0.137. The van der Waals surface area contributed by atoms with E-state index in [0.717, 1.165) is 0 Å². The molecule has 0 aliphatic rings. The van der Waals surface area contributed by atoms with Gasteiger partial charge in [0.25, 0.3) is 0 Å². The molecule has 0 aromatic rings. The summed E-state index contributed by atoms with van der Waals surface area (Å²) in [5.74, 6) is 4.70. The first-order valence-corrected chi connectivity index (χ1v) is 5.22. The second kappa shape index (κ2) is 8.60. The minimum absolute atomic E-state index is 0.0583. The van der Waals surface area contributed by atoms with Crippen molar-refractivity contribution in [3.05, 3.63) is 0 Å². The number of carbonyl (C=O) groups excluding carboxylic acids is 1. The number of rotatable bonds is 6. The van der Waals surface area contributed by atoms with Gasteiger partial charge in [-0.25, -0.2) is 4.79 Å². The van der Waals surface area contributed by atoms with Crippen molar-refractivity contribution >= 4 is 12.0 Å². The van der Waals surface area contributed by atoms with E-state index in [1.54, 1.807) is 13.8 Å². The minimum atomic E-state index is -0.854. The molecule has 0 aromatic carbocycles. The van der Waals surface area contributed by atoms with E-state index in [-0.39, 0.29) is 18.5 Å². The Labute approximate surface area is 95.6 Å². The standard InChI is InChI=1S/C11H18N2O3/c1-3-4-5-8-12-11(16)13-9(2)6-7-10(14)15/h9H,5-8H2,1-2H3,(H,14,15)(H2,12,13,16). The molecule has 90 valence electrons. The van der Waals surface area contributed by atoms with Crippen LogP contribution in [-0.2, 0) is 4.79 Å². The predicted octanol–water partition coefficient (Wildman–Crippen LogP) is 0.952. The van der Waals surface area contributed by atoms with Crippen molar-refractivity contribution in [2.75, 3.05) is 6.54 Å². The van der Waals surface area contributed by atoms with E-state index in [1.807, 2.05) is 0 Å². The minimum Gasteiger partial charge on any atom is -0.481 e. The fourth-order valence-corrected chi connectivity index (χ4v) is 1.05. The number of carbonyl (C=O) groups is 2. The molecule has 0 spiro atoms. The molecule has 0 heterocycles. The molecule has 16 heavy (non-hydrogen) atoms. The zero-order chi connectivity index (χ0) is 12.4. The molecular formula is C11H18N2O3. The average molecular weight is 226 g/mol. The highest BCUT2D eigenvalue weighted by molar-refractivity contribution is 5.74. The molecule has 0 saturated heterocycles. The van der Waals surface area contributed by atoms with E-state index in [9.17, 15) is 9.59 Å². The van der Waals surface area contributed by atoms with E-state index in [2.05, 4.69) is 22.5 Å². The summed E-state index contributed by atoms with van der Waals surface area (Å²) >= 11 is 0. The summed E-state index contributed by atoms with van der Waals surface area (Å²) in [5, 5.41) is 13.7. The van der Waals surface area contributed by atoms with Gasteiger partial charge in [0.05, 0.1) is 0 Å². The van der Waals surface area contributed by atoms with Crippen molar-refractivity contribution < 1.29 is 14.7 Å². The molecule has 1 atom stereocenters. The van der Waals surface area contributed by atoms with E-state index < -0.39 is 5.97 Å². The largest absolute Gasteiger partial charge is 0.481 e. The SMILES string of the molecule is CC#CCCNC(=O)NC(C)CCC(=O)O. The van der Waals surface area contributed by atoms with E-state index >= 15 is 0 Å². The summed E-state index contributed by atoms with van der Waals surface area (Å²) in [7, 11) is 0. The first kappa shape index (κ1) is 14.3. The Morgan fingerprint density at radius 3 is 2.69 bits per heavy atom. The third-order valence-corrected chi connectivity index (χ3v) is 1.88. The number of aliphatic carboxylic acids is 1. The van der Waals surface area contributed by atoms with Gasteiger partial charge in [0.1, 0.15) is 0 Å². The monoisotopic (exact) mass is 226 g/mol. The second-order valence-electron chi connectivity index (χ2n) is 3.41. The summed E-state index contributed by atoms with van der Waals surface area (Å²) in [4.78, 5) is 21.5. The van der Waals surface area contributed by atoms with Crippen molar-refractivity contribution in [1.29, 1.82) is 0 Å². The van der Waals surface area contributed by atoms with Gasteiger partial charge >= 0.3 is 12.0 Å². The zero-order valence-corrected chi connectivity index (χ0v) is 9.67. The Bertz CT molecular complexity index is 291. The second-order valence-corrected chi connectivity index (χ2v) is 3.41. The van der Waals surface area contributed by atoms with Crippen LogP contribution in [0.4, 0.5) is 4.79 Å². The first-order valence-electron chi connectivity index (χ1n) is 5.22.